The van der Waals surface area contributed by atoms with Gasteiger partial charge in [0.15, 0.2) is 0 Å². The zero-order chi connectivity index (χ0) is 15.9. The van der Waals surface area contributed by atoms with Crippen LogP contribution in [0.2, 0.25) is 0 Å². The number of benzene rings is 1. The van der Waals surface area contributed by atoms with Crippen LogP contribution in [0.5, 0.6) is 0 Å². The third-order valence-electron chi connectivity index (χ3n) is 5.09. The van der Waals surface area contributed by atoms with Gasteiger partial charge < -0.3 is 9.47 Å². The van der Waals surface area contributed by atoms with Crippen LogP contribution in [-0.4, -0.2) is 36.7 Å². The minimum absolute atomic E-state index is 0.0923. The van der Waals surface area contributed by atoms with E-state index in [1.165, 1.54) is 12.0 Å². The van der Waals surface area contributed by atoms with Crippen LogP contribution in [0.25, 0.3) is 0 Å². The summed E-state index contributed by atoms with van der Waals surface area (Å²) in [6.07, 6.45) is -0.442. The third-order valence-corrected chi connectivity index (χ3v) is 5.09. The Kier molecular flexibility index (Phi) is 3.59. The van der Waals surface area contributed by atoms with E-state index in [0.29, 0.717) is 12.5 Å². The van der Waals surface area contributed by atoms with Crippen LogP contribution >= 0.6 is 0 Å². The van der Waals surface area contributed by atoms with Crippen LogP contribution in [0.3, 0.4) is 0 Å². The van der Waals surface area contributed by atoms with Crippen molar-refractivity contribution in [3.8, 4) is 0 Å². The fourth-order valence-electron chi connectivity index (χ4n) is 3.67. The molecule has 0 radical (unpaired) electrons. The van der Waals surface area contributed by atoms with Crippen molar-refractivity contribution in [1.82, 2.24) is 4.90 Å². The fourth-order valence-corrected chi connectivity index (χ4v) is 3.67. The second-order valence-electron chi connectivity index (χ2n) is 6.61. The quantitative estimate of drug-likeness (QED) is 0.805. The summed E-state index contributed by atoms with van der Waals surface area (Å²) < 4.78 is 10.2. The molecule has 22 heavy (non-hydrogen) atoms. The zero-order valence-electron chi connectivity index (χ0n) is 13.1. The zero-order valence-corrected chi connectivity index (χ0v) is 13.1. The van der Waals surface area contributed by atoms with Gasteiger partial charge in [-0.3, -0.25) is 4.90 Å². The first-order valence-electron chi connectivity index (χ1n) is 7.52. The summed E-state index contributed by atoms with van der Waals surface area (Å²) in [7, 11) is 1.36. The molecule has 3 rings (SSSR count). The molecule has 1 aromatic carbocycles. The summed E-state index contributed by atoms with van der Waals surface area (Å²) in [6.45, 7) is 5.03. The number of amides is 1. The number of nitrogens with zero attached hydrogens (tertiary/aromatic N) is 1. The number of rotatable bonds is 3. The van der Waals surface area contributed by atoms with Gasteiger partial charge in [0.2, 0.25) is 0 Å². The summed E-state index contributed by atoms with van der Waals surface area (Å²) in [5.74, 6) is 0.167. The molecule has 1 heterocycles. The molecule has 1 saturated carbocycles. The van der Waals surface area contributed by atoms with Crippen molar-refractivity contribution < 1.29 is 19.1 Å². The molecule has 3 atom stereocenters. The smallest absolute Gasteiger partial charge is 0.410 e. The van der Waals surface area contributed by atoms with E-state index in [1.54, 1.807) is 0 Å². The molecule has 1 saturated heterocycles. The third kappa shape index (κ3) is 2.34. The van der Waals surface area contributed by atoms with Crippen LogP contribution in [0, 0.1) is 17.3 Å². The van der Waals surface area contributed by atoms with Gasteiger partial charge in [0.1, 0.15) is 12.6 Å². The second-order valence-corrected chi connectivity index (χ2v) is 6.61. The lowest BCUT2D eigenvalue weighted by Gasteiger charge is -2.28. The summed E-state index contributed by atoms with van der Waals surface area (Å²) in [6, 6.07) is 8.98. The van der Waals surface area contributed by atoms with Crippen LogP contribution in [-0.2, 0) is 20.9 Å². The van der Waals surface area contributed by atoms with Gasteiger partial charge in [-0.2, -0.15) is 0 Å². The predicted molar refractivity (Wildman–Crippen MR) is 79.9 cm³/mol. The molecular weight excluding hydrogens is 282 g/mol. The molecule has 0 aromatic heterocycles. The summed E-state index contributed by atoms with van der Waals surface area (Å²) >= 11 is 0. The summed E-state index contributed by atoms with van der Waals surface area (Å²) in [5.41, 5.74) is 1.02. The van der Waals surface area contributed by atoms with E-state index in [1.807, 2.05) is 30.3 Å². The molecule has 1 aromatic rings. The van der Waals surface area contributed by atoms with E-state index < -0.39 is 12.1 Å². The number of carbonyl (C=O) groups excluding carboxylic acids is 2. The second kappa shape index (κ2) is 5.30. The Labute approximate surface area is 130 Å². The maximum Gasteiger partial charge on any atom is 0.410 e. The van der Waals surface area contributed by atoms with E-state index in [9.17, 15) is 9.59 Å². The van der Waals surface area contributed by atoms with Crippen molar-refractivity contribution in [2.45, 2.75) is 26.5 Å². The van der Waals surface area contributed by atoms with Crippen molar-refractivity contribution in [2.75, 3.05) is 13.7 Å². The number of hydrogen-bond donors (Lipinski definition) is 0. The first kappa shape index (κ1) is 14.9. The number of likely N-dealkylation sites (tertiary alicyclic amines) is 1. The molecule has 2 fully saturated rings. The number of methoxy groups -OCH3 is 1. The van der Waals surface area contributed by atoms with Crippen molar-refractivity contribution in [1.29, 1.82) is 0 Å². The molecule has 1 amide bonds. The van der Waals surface area contributed by atoms with Gasteiger partial charge in [-0.05, 0) is 16.9 Å². The molecule has 0 spiro atoms. The number of esters is 1. The van der Waals surface area contributed by atoms with Crippen molar-refractivity contribution in [2.24, 2.45) is 17.3 Å². The Hall–Kier alpha value is -2.04. The fraction of sp³-hybridized carbons (Fsp3) is 0.529. The number of carbonyl (C=O) groups is 2. The lowest BCUT2D eigenvalue weighted by molar-refractivity contribution is -0.146. The molecule has 1 aliphatic heterocycles. The van der Waals surface area contributed by atoms with Crippen molar-refractivity contribution in [3.05, 3.63) is 35.9 Å². The molecule has 1 aliphatic carbocycles. The molecule has 3 unspecified atom stereocenters. The normalized spacial score (nSPS) is 28.0. The van der Waals surface area contributed by atoms with E-state index in [0.717, 1.165) is 5.56 Å². The number of fused-ring (bicyclic) bond motifs is 1. The van der Waals surface area contributed by atoms with E-state index in [4.69, 9.17) is 9.47 Å². The predicted octanol–water partition coefficient (Wildman–Crippen LogP) is 2.45. The Morgan fingerprint density at radius 3 is 2.59 bits per heavy atom. The lowest BCUT2D eigenvalue weighted by Crippen LogP contribution is -2.46. The summed E-state index contributed by atoms with van der Waals surface area (Å²) in [4.78, 5) is 25.9. The Bertz CT molecular complexity index is 584. The molecule has 2 aliphatic rings. The number of hydrogen-bond acceptors (Lipinski definition) is 4. The van der Waals surface area contributed by atoms with Crippen molar-refractivity contribution in [3.63, 3.8) is 0 Å². The average Bonchev–Trinajstić information content (AvgIpc) is 2.90. The first-order chi connectivity index (χ1) is 10.5. The van der Waals surface area contributed by atoms with E-state index >= 15 is 0 Å². The highest BCUT2D eigenvalue weighted by Crippen LogP contribution is 2.65. The van der Waals surface area contributed by atoms with Gasteiger partial charge in [-0.1, -0.05) is 44.2 Å². The lowest BCUT2D eigenvalue weighted by atomic mass is 10.0. The Morgan fingerprint density at radius 2 is 1.95 bits per heavy atom. The van der Waals surface area contributed by atoms with Gasteiger partial charge in [0.05, 0.1) is 7.11 Å². The highest BCUT2D eigenvalue weighted by Gasteiger charge is 2.70. The van der Waals surface area contributed by atoms with Gasteiger partial charge in [-0.25, -0.2) is 9.59 Å². The average molecular weight is 303 g/mol. The molecule has 5 heteroatoms. The van der Waals surface area contributed by atoms with Gasteiger partial charge >= 0.3 is 12.1 Å². The monoisotopic (exact) mass is 303 g/mol. The molecule has 118 valence electrons. The minimum Gasteiger partial charge on any atom is -0.467 e. The van der Waals surface area contributed by atoms with Crippen LogP contribution in [0.15, 0.2) is 30.3 Å². The van der Waals surface area contributed by atoms with Gasteiger partial charge in [-0.15, -0.1) is 0 Å². The van der Waals surface area contributed by atoms with Crippen LogP contribution in [0.1, 0.15) is 19.4 Å². The van der Waals surface area contributed by atoms with Gasteiger partial charge in [0.25, 0.3) is 0 Å². The Morgan fingerprint density at radius 1 is 1.27 bits per heavy atom. The highest BCUT2D eigenvalue weighted by molar-refractivity contribution is 5.83. The van der Waals surface area contributed by atoms with Crippen LogP contribution in [0.4, 0.5) is 4.79 Å². The number of ether oxygens (including phenoxy) is 2. The standard InChI is InChI=1S/C17H21NO4/c1-17(2)12-9-18(14(13(12)17)15(19)21-3)16(20)22-10-11-7-5-4-6-8-11/h4-8,12-14H,9-10H2,1-3H3. The summed E-state index contributed by atoms with van der Waals surface area (Å²) in [5, 5.41) is 0. The maximum atomic E-state index is 12.3. The van der Waals surface area contributed by atoms with Crippen molar-refractivity contribution >= 4 is 12.1 Å². The topological polar surface area (TPSA) is 55.8 Å². The van der Waals surface area contributed by atoms with E-state index in [-0.39, 0.29) is 23.9 Å². The SMILES string of the molecule is COC(=O)C1C2C(CN1C(=O)OCc1ccccc1)C2(C)C. The maximum absolute atomic E-state index is 12.3. The van der Waals surface area contributed by atoms with E-state index in [2.05, 4.69) is 13.8 Å². The number of piperidine rings is 1. The minimum atomic E-state index is -0.520. The molecule has 0 N–H and O–H groups in total. The van der Waals surface area contributed by atoms with Gasteiger partial charge in [0, 0.05) is 12.5 Å². The molecule has 5 nitrogen and oxygen atoms in total. The molecular formula is C17H21NO4. The largest absolute Gasteiger partial charge is 0.467 e. The van der Waals surface area contributed by atoms with Crippen LogP contribution < -0.4 is 0 Å². The Balaban J connectivity index is 1.66. The first-order valence-corrected chi connectivity index (χ1v) is 7.52. The molecule has 0 bridgehead atoms. The highest BCUT2D eigenvalue weighted by atomic mass is 16.6.